The van der Waals surface area contributed by atoms with Gasteiger partial charge in [-0.15, -0.1) is 11.3 Å². The molecule has 0 spiro atoms. The van der Waals surface area contributed by atoms with Crippen molar-refractivity contribution in [3.8, 4) is 5.75 Å². The molecule has 1 atom stereocenters. The zero-order chi connectivity index (χ0) is 13.8. The molecule has 0 fully saturated rings. The van der Waals surface area contributed by atoms with Gasteiger partial charge in [-0.2, -0.15) is 0 Å². The number of carbonyl (C=O) groups is 1. The minimum atomic E-state index is -0.731. The van der Waals surface area contributed by atoms with Crippen molar-refractivity contribution in [1.29, 1.82) is 0 Å². The van der Waals surface area contributed by atoms with Crippen molar-refractivity contribution in [1.82, 2.24) is 4.98 Å². The fourth-order valence-corrected chi connectivity index (χ4v) is 2.08. The fraction of sp³-hybridized carbons (Fsp3) is 0.231. The van der Waals surface area contributed by atoms with E-state index in [1.165, 1.54) is 29.5 Å². The Balaban J connectivity index is 1.96. The molecule has 2 rings (SSSR count). The molecule has 1 N–H and O–H groups in total. The molecular weight excluding hydrogens is 267 g/mol. The number of anilines is 1. The molecule has 19 heavy (non-hydrogen) atoms. The number of carbonyl (C=O) groups excluding carboxylic acids is 1. The number of hydrogen-bond acceptors (Lipinski definition) is 4. The Morgan fingerprint density at radius 3 is 2.95 bits per heavy atom. The van der Waals surface area contributed by atoms with E-state index in [0.717, 1.165) is 4.88 Å². The van der Waals surface area contributed by atoms with Gasteiger partial charge in [-0.25, -0.2) is 9.37 Å². The first kappa shape index (κ1) is 13.5. The summed E-state index contributed by atoms with van der Waals surface area (Å²) in [5.74, 6) is -0.405. The number of rotatable bonds is 4. The largest absolute Gasteiger partial charge is 0.481 e. The second kappa shape index (κ2) is 5.79. The Morgan fingerprint density at radius 2 is 2.32 bits per heavy atom. The molecule has 0 saturated heterocycles. The van der Waals surface area contributed by atoms with Gasteiger partial charge in [-0.05, 0) is 26.0 Å². The van der Waals surface area contributed by atoms with Crippen molar-refractivity contribution in [2.45, 2.75) is 20.0 Å². The molecule has 0 radical (unpaired) electrons. The van der Waals surface area contributed by atoms with E-state index < -0.39 is 11.9 Å². The summed E-state index contributed by atoms with van der Waals surface area (Å²) in [6.45, 7) is 3.50. The highest BCUT2D eigenvalue weighted by Crippen LogP contribution is 2.18. The van der Waals surface area contributed by atoms with Crippen LogP contribution in [0.15, 0.2) is 30.5 Å². The van der Waals surface area contributed by atoms with Crippen molar-refractivity contribution in [2.24, 2.45) is 0 Å². The number of thiazole rings is 1. The molecule has 0 saturated carbocycles. The van der Waals surface area contributed by atoms with E-state index in [9.17, 15) is 9.18 Å². The lowest BCUT2D eigenvalue weighted by atomic mass is 10.3. The predicted octanol–water partition coefficient (Wildman–Crippen LogP) is 3.00. The van der Waals surface area contributed by atoms with Crippen LogP contribution in [0.1, 0.15) is 11.8 Å². The topological polar surface area (TPSA) is 51.2 Å². The van der Waals surface area contributed by atoms with Gasteiger partial charge in [-0.1, -0.05) is 6.07 Å². The van der Waals surface area contributed by atoms with Crippen LogP contribution in [0.25, 0.3) is 0 Å². The molecule has 1 heterocycles. The average Bonchev–Trinajstić information content (AvgIpc) is 2.74. The Kier molecular flexibility index (Phi) is 4.11. The average molecular weight is 280 g/mol. The molecule has 0 unspecified atom stereocenters. The number of halogens is 1. The second-order valence-corrected chi connectivity index (χ2v) is 5.22. The molecule has 100 valence electrons. The minimum Gasteiger partial charge on any atom is -0.481 e. The number of nitrogens with zero attached hydrogens (tertiary/aromatic N) is 1. The third-order valence-electron chi connectivity index (χ3n) is 2.33. The lowest BCUT2D eigenvalue weighted by Gasteiger charge is -2.13. The summed E-state index contributed by atoms with van der Waals surface area (Å²) in [6.07, 6.45) is 0.948. The Hall–Kier alpha value is -1.95. The maximum Gasteiger partial charge on any atom is 0.266 e. The third kappa shape index (κ3) is 3.75. The summed E-state index contributed by atoms with van der Waals surface area (Å²) in [7, 11) is 0. The molecule has 2 aromatic rings. The highest BCUT2D eigenvalue weighted by atomic mass is 32.1. The van der Waals surface area contributed by atoms with E-state index >= 15 is 0 Å². The fourth-order valence-electron chi connectivity index (χ4n) is 1.42. The predicted molar refractivity (Wildman–Crippen MR) is 72.0 cm³/mol. The van der Waals surface area contributed by atoms with Crippen molar-refractivity contribution < 1.29 is 13.9 Å². The monoisotopic (exact) mass is 280 g/mol. The van der Waals surface area contributed by atoms with Gasteiger partial charge in [0.15, 0.2) is 11.2 Å². The van der Waals surface area contributed by atoms with E-state index in [4.69, 9.17) is 4.74 Å². The van der Waals surface area contributed by atoms with E-state index in [1.54, 1.807) is 19.2 Å². The smallest absolute Gasteiger partial charge is 0.266 e. The molecule has 1 aromatic carbocycles. The van der Waals surface area contributed by atoms with Crippen LogP contribution in [0.2, 0.25) is 0 Å². The van der Waals surface area contributed by atoms with Gasteiger partial charge in [0.1, 0.15) is 11.6 Å². The molecule has 0 aliphatic carbocycles. The number of aryl methyl sites for hydroxylation is 1. The molecule has 4 nitrogen and oxygen atoms in total. The SMILES string of the molecule is Cc1cnc(NC(=O)[C@H](C)Oc2cccc(F)c2)s1. The van der Waals surface area contributed by atoms with Gasteiger partial charge < -0.3 is 4.74 Å². The maximum absolute atomic E-state index is 13.0. The molecule has 1 amide bonds. The summed E-state index contributed by atoms with van der Waals surface area (Å²) in [4.78, 5) is 16.9. The first-order valence-corrected chi connectivity index (χ1v) is 6.52. The first-order chi connectivity index (χ1) is 9.04. The highest BCUT2D eigenvalue weighted by molar-refractivity contribution is 7.15. The number of benzene rings is 1. The standard InChI is InChI=1S/C13H13FN2O2S/c1-8-7-15-13(19-8)16-12(17)9(2)18-11-5-3-4-10(14)6-11/h3-7,9H,1-2H3,(H,15,16,17)/t9-/m0/s1. The minimum absolute atomic E-state index is 0.318. The summed E-state index contributed by atoms with van der Waals surface area (Å²) >= 11 is 1.38. The molecular formula is C13H13FN2O2S. The first-order valence-electron chi connectivity index (χ1n) is 5.70. The van der Waals surface area contributed by atoms with Crippen molar-refractivity contribution in [2.75, 3.05) is 5.32 Å². The second-order valence-electron chi connectivity index (χ2n) is 3.98. The van der Waals surface area contributed by atoms with Crippen LogP contribution in [0.5, 0.6) is 5.75 Å². The van der Waals surface area contributed by atoms with Crippen molar-refractivity contribution in [3.05, 3.63) is 41.2 Å². The van der Waals surface area contributed by atoms with E-state index in [-0.39, 0.29) is 5.91 Å². The molecule has 0 aliphatic heterocycles. The van der Waals surface area contributed by atoms with Crippen LogP contribution in [0.3, 0.4) is 0 Å². The Bertz CT molecular complexity index is 586. The number of hydrogen-bond donors (Lipinski definition) is 1. The van der Waals surface area contributed by atoms with Gasteiger partial charge in [0.25, 0.3) is 5.91 Å². The lowest BCUT2D eigenvalue weighted by molar-refractivity contribution is -0.122. The number of aromatic nitrogens is 1. The van der Waals surface area contributed by atoms with Crippen LogP contribution in [0.4, 0.5) is 9.52 Å². The number of amides is 1. The van der Waals surface area contributed by atoms with Gasteiger partial charge in [0, 0.05) is 17.1 Å². The zero-order valence-electron chi connectivity index (χ0n) is 10.5. The summed E-state index contributed by atoms with van der Waals surface area (Å²) in [5.41, 5.74) is 0. The van der Waals surface area contributed by atoms with E-state index in [2.05, 4.69) is 10.3 Å². The molecule has 1 aromatic heterocycles. The van der Waals surface area contributed by atoms with E-state index in [1.807, 2.05) is 6.92 Å². The van der Waals surface area contributed by atoms with E-state index in [0.29, 0.717) is 10.9 Å². The molecule has 0 bridgehead atoms. The molecule has 6 heteroatoms. The van der Waals surface area contributed by atoms with Crippen LogP contribution in [-0.4, -0.2) is 17.0 Å². The quantitative estimate of drug-likeness (QED) is 0.936. The lowest BCUT2D eigenvalue weighted by Crippen LogP contribution is -2.30. The van der Waals surface area contributed by atoms with Gasteiger partial charge in [-0.3, -0.25) is 10.1 Å². The van der Waals surface area contributed by atoms with Gasteiger partial charge >= 0.3 is 0 Å². The Labute approximate surface area is 114 Å². The highest BCUT2D eigenvalue weighted by Gasteiger charge is 2.16. The van der Waals surface area contributed by atoms with Gasteiger partial charge in [0.2, 0.25) is 0 Å². The van der Waals surface area contributed by atoms with Crippen LogP contribution in [0, 0.1) is 12.7 Å². The third-order valence-corrected chi connectivity index (χ3v) is 3.16. The summed E-state index contributed by atoms with van der Waals surface area (Å²) in [6, 6.07) is 5.67. The van der Waals surface area contributed by atoms with Crippen molar-refractivity contribution in [3.63, 3.8) is 0 Å². The van der Waals surface area contributed by atoms with Crippen LogP contribution >= 0.6 is 11.3 Å². The van der Waals surface area contributed by atoms with Crippen LogP contribution in [-0.2, 0) is 4.79 Å². The maximum atomic E-state index is 13.0. The summed E-state index contributed by atoms with van der Waals surface area (Å²) < 4.78 is 18.3. The van der Waals surface area contributed by atoms with Crippen LogP contribution < -0.4 is 10.1 Å². The van der Waals surface area contributed by atoms with Gasteiger partial charge in [0.05, 0.1) is 0 Å². The Morgan fingerprint density at radius 1 is 1.53 bits per heavy atom. The van der Waals surface area contributed by atoms with Crippen molar-refractivity contribution >= 4 is 22.4 Å². The molecule has 0 aliphatic rings. The summed E-state index contributed by atoms with van der Waals surface area (Å²) in [5, 5.41) is 3.17. The normalized spacial score (nSPS) is 11.9. The number of nitrogens with one attached hydrogen (secondary N) is 1. The number of ether oxygens (including phenoxy) is 1. The zero-order valence-corrected chi connectivity index (χ0v) is 11.3.